The summed E-state index contributed by atoms with van der Waals surface area (Å²) in [5, 5.41) is 14.6. The van der Waals surface area contributed by atoms with Crippen molar-refractivity contribution in [2.24, 2.45) is 5.92 Å². The molecule has 2 amide bonds. The van der Waals surface area contributed by atoms with E-state index in [1.165, 1.54) is 11.1 Å². The second kappa shape index (κ2) is 10.4. The predicted molar refractivity (Wildman–Crippen MR) is 127 cm³/mol. The third-order valence-electron chi connectivity index (χ3n) is 6.49. The Morgan fingerprint density at radius 2 is 1.68 bits per heavy atom. The lowest BCUT2D eigenvalue weighted by atomic mass is 9.78. The van der Waals surface area contributed by atoms with Crippen molar-refractivity contribution >= 4 is 18.0 Å². The van der Waals surface area contributed by atoms with Crippen molar-refractivity contribution in [2.45, 2.75) is 50.6 Å². The van der Waals surface area contributed by atoms with Crippen LogP contribution in [0, 0.1) is 17.8 Å². The molecular weight excluding hydrogens is 432 g/mol. The van der Waals surface area contributed by atoms with Crippen molar-refractivity contribution in [3.05, 3.63) is 59.7 Å². The van der Waals surface area contributed by atoms with Crippen LogP contribution in [-0.2, 0) is 14.3 Å². The van der Waals surface area contributed by atoms with Crippen LogP contribution in [0.4, 0.5) is 4.79 Å². The van der Waals surface area contributed by atoms with Crippen LogP contribution in [0.1, 0.15) is 49.7 Å². The molecule has 2 aromatic rings. The van der Waals surface area contributed by atoms with Crippen molar-refractivity contribution in [3.8, 4) is 23.0 Å². The molecular formula is C27H28N2O5. The Bertz CT molecular complexity index is 1100. The van der Waals surface area contributed by atoms with Gasteiger partial charge in [-0.1, -0.05) is 48.5 Å². The van der Waals surface area contributed by atoms with Crippen molar-refractivity contribution in [3.63, 3.8) is 0 Å². The van der Waals surface area contributed by atoms with Crippen molar-refractivity contribution in [1.82, 2.24) is 10.6 Å². The Balaban J connectivity index is 1.21. The average Bonchev–Trinajstić information content (AvgIpc) is 3.12. The fourth-order valence-electron chi connectivity index (χ4n) is 4.75. The predicted octanol–water partition coefficient (Wildman–Crippen LogP) is 3.68. The molecule has 0 spiro atoms. The molecule has 0 bridgehead atoms. The summed E-state index contributed by atoms with van der Waals surface area (Å²) in [6.07, 6.45) is 1.16. The van der Waals surface area contributed by atoms with Crippen LogP contribution < -0.4 is 10.6 Å². The topological polar surface area (TPSA) is 105 Å². The van der Waals surface area contributed by atoms with Crippen molar-refractivity contribution in [1.29, 1.82) is 0 Å². The van der Waals surface area contributed by atoms with Gasteiger partial charge in [0.15, 0.2) is 0 Å². The molecule has 1 fully saturated rings. The van der Waals surface area contributed by atoms with Crippen LogP contribution in [0.2, 0.25) is 0 Å². The van der Waals surface area contributed by atoms with E-state index in [1.807, 2.05) is 24.3 Å². The molecule has 0 radical (unpaired) electrons. The van der Waals surface area contributed by atoms with Crippen LogP contribution in [0.25, 0.3) is 11.1 Å². The van der Waals surface area contributed by atoms with Gasteiger partial charge >= 0.3 is 12.1 Å². The number of benzene rings is 2. The van der Waals surface area contributed by atoms with Gasteiger partial charge in [0.1, 0.15) is 12.6 Å². The fraction of sp³-hybridized carbons (Fsp3) is 0.370. The zero-order chi connectivity index (χ0) is 24.1. The summed E-state index contributed by atoms with van der Waals surface area (Å²) < 4.78 is 5.57. The number of carbonyl (C=O) groups excluding carboxylic acids is 2. The van der Waals surface area contributed by atoms with E-state index in [1.54, 1.807) is 6.92 Å². The van der Waals surface area contributed by atoms with Crippen molar-refractivity contribution < 1.29 is 24.2 Å². The molecule has 34 heavy (non-hydrogen) atoms. The number of hydrogen-bond acceptors (Lipinski definition) is 4. The third kappa shape index (κ3) is 5.23. The molecule has 1 atom stereocenters. The van der Waals surface area contributed by atoms with Crippen LogP contribution in [0.5, 0.6) is 0 Å². The first-order chi connectivity index (χ1) is 16.5. The van der Waals surface area contributed by atoms with Crippen LogP contribution in [0.15, 0.2) is 48.5 Å². The quantitative estimate of drug-likeness (QED) is 0.522. The molecule has 0 aliphatic heterocycles. The number of amides is 2. The smallest absolute Gasteiger partial charge is 0.407 e. The normalized spacial score (nSPS) is 18.9. The van der Waals surface area contributed by atoms with E-state index in [9.17, 15) is 19.5 Å². The van der Waals surface area contributed by atoms with Gasteiger partial charge in [0.05, 0.1) is 0 Å². The minimum atomic E-state index is -1.10. The molecule has 0 saturated heterocycles. The van der Waals surface area contributed by atoms with E-state index < -0.39 is 18.1 Å². The number of aliphatic carboxylic acids is 1. The molecule has 1 saturated carbocycles. The zero-order valence-electron chi connectivity index (χ0n) is 19.0. The monoisotopic (exact) mass is 460 g/mol. The highest BCUT2D eigenvalue weighted by Crippen LogP contribution is 2.44. The number of nitrogens with one attached hydrogen (secondary N) is 2. The standard InChI is InChI=1S/C27H28N2O5/c1-2-3-12-24(26(31)32)29-25(30)15-17-13-18(14-17)28-27(33)34-16-23-21-10-6-4-8-19(21)20-9-5-7-11-22(20)23/h4-11,17-18,23-24H,12-16H2,1H3,(H,28,33)(H,29,30)(H,31,32). The van der Waals surface area contributed by atoms with Gasteiger partial charge in [-0.05, 0) is 47.9 Å². The summed E-state index contributed by atoms with van der Waals surface area (Å²) in [7, 11) is 0. The molecule has 2 aliphatic carbocycles. The molecule has 3 N–H and O–H groups in total. The van der Waals surface area contributed by atoms with Gasteiger partial charge in [0.2, 0.25) is 5.91 Å². The highest BCUT2D eigenvalue weighted by Gasteiger charge is 2.34. The number of ether oxygens (including phenoxy) is 1. The number of carboxylic acid groups (broad SMARTS) is 1. The SMILES string of the molecule is CC#CCC(NC(=O)CC1CC(NC(=O)OCC2c3ccccc3-c3ccccc32)C1)C(=O)O. The first kappa shape index (κ1) is 23.4. The number of fused-ring (bicyclic) bond motifs is 3. The number of carboxylic acids is 1. The summed E-state index contributed by atoms with van der Waals surface area (Å²) >= 11 is 0. The van der Waals surface area contributed by atoms with E-state index >= 15 is 0 Å². The van der Waals surface area contributed by atoms with Gasteiger partial charge in [0, 0.05) is 24.8 Å². The Labute approximate surface area is 198 Å². The van der Waals surface area contributed by atoms with Gasteiger partial charge in [-0.25, -0.2) is 9.59 Å². The van der Waals surface area contributed by atoms with Gasteiger partial charge in [-0.15, -0.1) is 11.8 Å². The van der Waals surface area contributed by atoms with Gasteiger partial charge in [-0.3, -0.25) is 4.79 Å². The number of hydrogen-bond donors (Lipinski definition) is 3. The van der Waals surface area contributed by atoms with Crippen LogP contribution >= 0.6 is 0 Å². The highest BCUT2D eigenvalue weighted by atomic mass is 16.5. The highest BCUT2D eigenvalue weighted by molar-refractivity contribution is 5.84. The molecule has 0 heterocycles. The van der Waals surface area contributed by atoms with Gasteiger partial charge in [-0.2, -0.15) is 0 Å². The van der Waals surface area contributed by atoms with Crippen LogP contribution in [-0.4, -0.2) is 41.8 Å². The molecule has 2 aliphatic rings. The largest absolute Gasteiger partial charge is 0.480 e. The third-order valence-corrected chi connectivity index (χ3v) is 6.49. The number of rotatable bonds is 8. The molecule has 1 unspecified atom stereocenters. The lowest BCUT2D eigenvalue weighted by Gasteiger charge is -2.35. The minimum absolute atomic E-state index is 0.00978. The van der Waals surface area contributed by atoms with E-state index in [0.29, 0.717) is 12.8 Å². The lowest BCUT2D eigenvalue weighted by Crippen LogP contribution is -2.47. The summed E-state index contributed by atoms with van der Waals surface area (Å²) in [6.45, 7) is 1.88. The van der Waals surface area contributed by atoms with Gasteiger partial charge in [0.25, 0.3) is 0 Å². The van der Waals surface area contributed by atoms with E-state index in [0.717, 1.165) is 11.1 Å². The van der Waals surface area contributed by atoms with E-state index in [2.05, 4.69) is 46.7 Å². The maximum absolute atomic E-state index is 12.4. The van der Waals surface area contributed by atoms with E-state index in [-0.39, 0.29) is 43.2 Å². The molecule has 4 rings (SSSR count). The molecule has 176 valence electrons. The molecule has 0 aromatic heterocycles. The minimum Gasteiger partial charge on any atom is -0.480 e. The Hall–Kier alpha value is -3.79. The Morgan fingerprint density at radius 3 is 2.26 bits per heavy atom. The fourth-order valence-corrected chi connectivity index (χ4v) is 4.75. The van der Waals surface area contributed by atoms with E-state index in [4.69, 9.17) is 4.74 Å². The molecule has 2 aromatic carbocycles. The first-order valence-corrected chi connectivity index (χ1v) is 11.5. The van der Waals surface area contributed by atoms with Crippen molar-refractivity contribution in [2.75, 3.05) is 6.61 Å². The average molecular weight is 461 g/mol. The molecule has 7 heteroatoms. The summed E-state index contributed by atoms with van der Waals surface area (Å²) in [4.78, 5) is 35.8. The Kier molecular flexibility index (Phi) is 7.17. The summed E-state index contributed by atoms with van der Waals surface area (Å²) in [6, 6.07) is 15.3. The number of alkyl carbamates (subject to hydrolysis) is 1. The second-order valence-electron chi connectivity index (χ2n) is 8.80. The summed E-state index contributed by atoms with van der Waals surface area (Å²) in [5.41, 5.74) is 4.68. The Morgan fingerprint density at radius 1 is 1.06 bits per heavy atom. The molecule has 7 nitrogen and oxygen atoms in total. The lowest BCUT2D eigenvalue weighted by molar-refractivity contribution is -0.141. The maximum atomic E-state index is 12.4. The second-order valence-corrected chi connectivity index (χ2v) is 8.80. The summed E-state index contributed by atoms with van der Waals surface area (Å²) in [5.74, 6) is 4.02. The zero-order valence-corrected chi connectivity index (χ0v) is 19.0. The van der Waals surface area contributed by atoms with Crippen LogP contribution in [0.3, 0.4) is 0 Å². The van der Waals surface area contributed by atoms with Gasteiger partial charge < -0.3 is 20.5 Å². The first-order valence-electron chi connectivity index (χ1n) is 11.5. The number of carbonyl (C=O) groups is 3. The maximum Gasteiger partial charge on any atom is 0.407 e.